The first-order valence-electron chi connectivity index (χ1n) is 4.09. The molecule has 0 aliphatic heterocycles. The van der Waals surface area contributed by atoms with Gasteiger partial charge in [0.15, 0.2) is 0 Å². The SMILES string of the molecule is Cc1cccnc1.Cn1cccn1. The molecule has 3 heteroatoms. The van der Waals surface area contributed by atoms with E-state index in [-0.39, 0.29) is 0 Å². The second kappa shape index (κ2) is 5.09. The standard InChI is InChI=1S/C6H7N.C4H6N2/c1-6-3-2-4-7-5-6;1-6-4-2-3-5-6/h2-5H,1H3;2-4H,1H3. The van der Waals surface area contributed by atoms with Crippen LogP contribution in [0.5, 0.6) is 0 Å². The minimum Gasteiger partial charge on any atom is -0.276 e. The molecule has 0 bridgehead atoms. The molecule has 2 heterocycles. The third-order valence-electron chi connectivity index (χ3n) is 1.45. The molecule has 0 aliphatic carbocycles. The van der Waals surface area contributed by atoms with E-state index in [0.717, 1.165) is 0 Å². The van der Waals surface area contributed by atoms with Gasteiger partial charge in [-0.1, -0.05) is 6.07 Å². The number of hydrogen-bond donors (Lipinski definition) is 0. The van der Waals surface area contributed by atoms with Crippen LogP contribution in [0, 0.1) is 6.92 Å². The molecule has 0 saturated carbocycles. The lowest BCUT2D eigenvalue weighted by molar-refractivity contribution is 0.768. The van der Waals surface area contributed by atoms with E-state index >= 15 is 0 Å². The number of hydrogen-bond acceptors (Lipinski definition) is 2. The normalized spacial score (nSPS) is 8.77. The van der Waals surface area contributed by atoms with Crippen LogP contribution >= 0.6 is 0 Å². The summed E-state index contributed by atoms with van der Waals surface area (Å²) in [4.78, 5) is 3.88. The van der Waals surface area contributed by atoms with Crippen molar-refractivity contribution in [2.75, 3.05) is 0 Å². The second-order valence-electron chi connectivity index (χ2n) is 2.71. The van der Waals surface area contributed by atoms with E-state index in [0.29, 0.717) is 0 Å². The molecule has 2 aromatic rings. The minimum absolute atomic E-state index is 1.21. The topological polar surface area (TPSA) is 30.7 Å². The number of rotatable bonds is 0. The lowest BCUT2D eigenvalue weighted by Crippen LogP contribution is -1.83. The van der Waals surface area contributed by atoms with E-state index in [4.69, 9.17) is 0 Å². The Bertz CT molecular complexity index is 313. The molecule has 0 radical (unpaired) electrons. The van der Waals surface area contributed by atoms with E-state index in [1.165, 1.54) is 5.56 Å². The highest BCUT2D eigenvalue weighted by atomic mass is 15.2. The third-order valence-corrected chi connectivity index (χ3v) is 1.45. The molecule has 0 aromatic carbocycles. The lowest BCUT2D eigenvalue weighted by Gasteiger charge is -1.82. The first-order valence-corrected chi connectivity index (χ1v) is 4.09. The smallest absolute Gasteiger partial charge is 0.0489 e. The second-order valence-corrected chi connectivity index (χ2v) is 2.71. The van der Waals surface area contributed by atoms with Crippen LogP contribution < -0.4 is 0 Å². The van der Waals surface area contributed by atoms with Crippen molar-refractivity contribution in [1.29, 1.82) is 0 Å². The maximum absolute atomic E-state index is 3.88. The monoisotopic (exact) mass is 175 g/mol. The maximum atomic E-state index is 3.88. The van der Waals surface area contributed by atoms with Crippen molar-refractivity contribution in [3.05, 3.63) is 48.5 Å². The quantitative estimate of drug-likeness (QED) is 0.611. The molecule has 0 unspecified atom stereocenters. The predicted octanol–water partition coefficient (Wildman–Crippen LogP) is 1.81. The van der Waals surface area contributed by atoms with Gasteiger partial charge in [0, 0.05) is 31.8 Å². The Morgan fingerprint density at radius 1 is 1.23 bits per heavy atom. The molecule has 0 amide bonds. The third kappa shape index (κ3) is 4.06. The largest absolute Gasteiger partial charge is 0.276 e. The summed E-state index contributed by atoms with van der Waals surface area (Å²) in [6, 6.07) is 5.84. The Labute approximate surface area is 78.1 Å². The molecule has 0 aliphatic rings. The highest BCUT2D eigenvalue weighted by Gasteiger charge is 1.73. The van der Waals surface area contributed by atoms with Gasteiger partial charge in [-0.3, -0.25) is 9.67 Å². The average molecular weight is 175 g/mol. The maximum Gasteiger partial charge on any atom is 0.0489 e. The van der Waals surface area contributed by atoms with Crippen molar-refractivity contribution in [3.8, 4) is 0 Å². The summed E-state index contributed by atoms with van der Waals surface area (Å²) < 4.78 is 1.75. The van der Waals surface area contributed by atoms with E-state index in [1.54, 1.807) is 17.1 Å². The van der Waals surface area contributed by atoms with Crippen LogP contribution in [0.2, 0.25) is 0 Å². The van der Waals surface area contributed by atoms with Crippen molar-refractivity contribution in [2.24, 2.45) is 7.05 Å². The molecule has 3 nitrogen and oxygen atoms in total. The minimum atomic E-state index is 1.21. The fourth-order valence-electron chi connectivity index (χ4n) is 0.793. The number of aromatic nitrogens is 3. The van der Waals surface area contributed by atoms with E-state index in [9.17, 15) is 0 Å². The van der Waals surface area contributed by atoms with Gasteiger partial charge >= 0.3 is 0 Å². The molecule has 0 atom stereocenters. The van der Waals surface area contributed by atoms with Gasteiger partial charge in [-0.15, -0.1) is 0 Å². The molecular weight excluding hydrogens is 162 g/mol. The van der Waals surface area contributed by atoms with Gasteiger partial charge in [-0.25, -0.2) is 0 Å². The van der Waals surface area contributed by atoms with Gasteiger partial charge in [-0.05, 0) is 24.6 Å². The molecule has 0 spiro atoms. The van der Waals surface area contributed by atoms with Gasteiger partial charge in [0.25, 0.3) is 0 Å². The van der Waals surface area contributed by atoms with Crippen LogP contribution in [0.4, 0.5) is 0 Å². The summed E-state index contributed by atoms with van der Waals surface area (Å²) in [5, 5.41) is 3.83. The van der Waals surface area contributed by atoms with Crippen LogP contribution in [0.1, 0.15) is 5.56 Å². The lowest BCUT2D eigenvalue weighted by atomic mass is 10.3. The Morgan fingerprint density at radius 3 is 2.31 bits per heavy atom. The van der Waals surface area contributed by atoms with E-state index in [1.807, 2.05) is 44.6 Å². The highest BCUT2D eigenvalue weighted by Crippen LogP contribution is 1.88. The summed E-state index contributed by atoms with van der Waals surface area (Å²) >= 11 is 0. The van der Waals surface area contributed by atoms with Crippen molar-refractivity contribution in [3.63, 3.8) is 0 Å². The van der Waals surface area contributed by atoms with Gasteiger partial charge in [0.05, 0.1) is 0 Å². The van der Waals surface area contributed by atoms with Crippen LogP contribution in [0.15, 0.2) is 43.0 Å². The number of aryl methyl sites for hydroxylation is 2. The van der Waals surface area contributed by atoms with Gasteiger partial charge in [-0.2, -0.15) is 5.10 Å². The Hall–Kier alpha value is -1.64. The summed E-state index contributed by atoms with van der Waals surface area (Å²) in [6.07, 6.45) is 7.24. The Morgan fingerprint density at radius 2 is 2.08 bits per heavy atom. The molecule has 0 N–H and O–H groups in total. The highest BCUT2D eigenvalue weighted by molar-refractivity contribution is 5.04. The summed E-state index contributed by atoms with van der Waals surface area (Å²) in [7, 11) is 1.89. The predicted molar refractivity (Wildman–Crippen MR) is 52.2 cm³/mol. The molecule has 68 valence electrons. The number of nitrogens with zero attached hydrogens (tertiary/aromatic N) is 3. The summed E-state index contributed by atoms with van der Waals surface area (Å²) in [5.74, 6) is 0. The summed E-state index contributed by atoms with van der Waals surface area (Å²) in [5.41, 5.74) is 1.21. The zero-order chi connectivity index (χ0) is 9.52. The molecular formula is C10H13N3. The fraction of sp³-hybridized carbons (Fsp3) is 0.200. The van der Waals surface area contributed by atoms with Crippen LogP contribution in [0.25, 0.3) is 0 Å². The van der Waals surface area contributed by atoms with Gasteiger partial charge in [0.2, 0.25) is 0 Å². The van der Waals surface area contributed by atoms with Crippen molar-refractivity contribution in [2.45, 2.75) is 6.92 Å². The van der Waals surface area contributed by atoms with Crippen LogP contribution in [-0.4, -0.2) is 14.8 Å². The fourth-order valence-corrected chi connectivity index (χ4v) is 0.793. The zero-order valence-electron chi connectivity index (χ0n) is 7.88. The van der Waals surface area contributed by atoms with E-state index in [2.05, 4.69) is 10.1 Å². The first kappa shape index (κ1) is 9.45. The first-order chi connectivity index (χ1) is 6.29. The van der Waals surface area contributed by atoms with Crippen molar-refractivity contribution >= 4 is 0 Å². The average Bonchev–Trinajstić information content (AvgIpc) is 2.58. The van der Waals surface area contributed by atoms with Crippen molar-refractivity contribution in [1.82, 2.24) is 14.8 Å². The van der Waals surface area contributed by atoms with E-state index < -0.39 is 0 Å². The van der Waals surface area contributed by atoms with Crippen molar-refractivity contribution < 1.29 is 0 Å². The molecule has 2 rings (SSSR count). The zero-order valence-corrected chi connectivity index (χ0v) is 7.88. The molecule has 2 aromatic heterocycles. The molecule has 0 saturated heterocycles. The molecule has 0 fully saturated rings. The molecule has 13 heavy (non-hydrogen) atoms. The Balaban J connectivity index is 0.000000132. The van der Waals surface area contributed by atoms with Gasteiger partial charge < -0.3 is 0 Å². The Kier molecular flexibility index (Phi) is 3.70. The summed E-state index contributed by atoms with van der Waals surface area (Å²) in [6.45, 7) is 2.02. The van der Waals surface area contributed by atoms with Gasteiger partial charge in [0.1, 0.15) is 0 Å². The number of pyridine rings is 1. The van der Waals surface area contributed by atoms with Crippen LogP contribution in [-0.2, 0) is 7.05 Å². The van der Waals surface area contributed by atoms with Crippen LogP contribution in [0.3, 0.4) is 0 Å².